The fraction of sp³-hybridized carbons (Fsp3) is 0.294. The largest absolute Gasteiger partial charge is 1.00 e. The summed E-state index contributed by atoms with van der Waals surface area (Å²) in [4.78, 5) is 0. The molecule has 0 aromatic heterocycles. The van der Waals surface area contributed by atoms with Crippen LogP contribution in [-0.2, 0) is 38.2 Å². The third-order valence-corrected chi connectivity index (χ3v) is 8.60. The van der Waals surface area contributed by atoms with Crippen molar-refractivity contribution in [2.45, 2.75) is 45.1 Å². The fourth-order valence-electron chi connectivity index (χ4n) is 3.94. The van der Waals surface area contributed by atoms with Crippen molar-refractivity contribution in [2.24, 2.45) is 0 Å². The van der Waals surface area contributed by atoms with Gasteiger partial charge in [-0.3, -0.25) is 0 Å². The first-order chi connectivity index (χ1) is 22.9. The van der Waals surface area contributed by atoms with E-state index in [0.29, 0.717) is 33.8 Å². The number of phenolic OH excluding ortho intramolecular Hbond substituents is 1. The van der Waals surface area contributed by atoms with Crippen LogP contribution in [0.1, 0.15) is 40.3 Å². The molecule has 4 aromatic carbocycles. The molecule has 0 fully saturated rings. The maximum absolute atomic E-state index is 9.37. The van der Waals surface area contributed by atoms with E-state index >= 15 is 0 Å². The topological polar surface area (TPSA) is 190 Å². The number of aliphatic hydroxyl groups is 5. The predicted molar refractivity (Wildman–Crippen MR) is 219 cm³/mol. The normalized spacial score (nSPS) is 9.14. The van der Waals surface area contributed by atoms with Crippen molar-refractivity contribution in [3.63, 3.8) is 0 Å². The average Bonchev–Trinajstić information content (AvgIpc) is 3.10. The van der Waals surface area contributed by atoms with Crippen molar-refractivity contribution in [1.29, 1.82) is 0 Å². The molecule has 0 spiro atoms. The van der Waals surface area contributed by atoms with Crippen molar-refractivity contribution < 1.29 is 80.3 Å². The second kappa shape index (κ2) is 33.1. The molecule has 0 saturated carbocycles. The number of hydrogen-bond acceptors (Lipinski definition) is 10. The van der Waals surface area contributed by atoms with Gasteiger partial charge >= 0.3 is 29.6 Å². The van der Waals surface area contributed by atoms with Crippen LogP contribution in [0.3, 0.4) is 0 Å². The predicted octanol–water partition coefficient (Wildman–Crippen LogP) is 5.66. The molecule has 0 saturated heterocycles. The monoisotopic (exact) mass is 1110 g/mol. The Labute approximate surface area is 374 Å². The van der Waals surface area contributed by atoms with Crippen molar-refractivity contribution in [3.05, 3.63) is 112 Å². The van der Waals surface area contributed by atoms with E-state index in [1.54, 1.807) is 55.6 Å². The van der Waals surface area contributed by atoms with E-state index in [9.17, 15) is 5.11 Å². The van der Waals surface area contributed by atoms with Crippen LogP contribution in [0.2, 0.25) is 0 Å². The maximum atomic E-state index is 9.37. The van der Waals surface area contributed by atoms with Crippen LogP contribution in [0.4, 0.5) is 0 Å². The van der Waals surface area contributed by atoms with E-state index in [2.05, 4.69) is 98.7 Å². The molecule has 17 heteroatoms. The molecule has 4 aromatic rings. The molecular formula is C34H43Br6NaO10. The Morgan fingerprint density at radius 1 is 0.549 bits per heavy atom. The van der Waals surface area contributed by atoms with E-state index in [-0.39, 0.29) is 84.2 Å². The first kappa shape index (κ1) is 57.4. The summed E-state index contributed by atoms with van der Waals surface area (Å²) in [6, 6.07) is 17.7. The number of rotatable bonds is 8. The van der Waals surface area contributed by atoms with Crippen LogP contribution < -0.4 is 39.0 Å². The number of methoxy groups -OCH3 is 2. The van der Waals surface area contributed by atoms with Crippen molar-refractivity contribution in [3.8, 4) is 23.0 Å². The van der Waals surface area contributed by atoms with Crippen LogP contribution >= 0.6 is 96.6 Å². The fourth-order valence-corrected chi connectivity index (χ4v) is 6.28. The molecule has 0 unspecified atom stereocenters. The Morgan fingerprint density at radius 2 is 0.863 bits per heavy atom. The minimum Gasteiger partial charge on any atom is -0.870 e. The smallest absolute Gasteiger partial charge is 0.870 e. The van der Waals surface area contributed by atoms with Gasteiger partial charge in [-0.05, 0) is 72.6 Å². The number of aliphatic hydroxyl groups excluding tert-OH is 5. The van der Waals surface area contributed by atoms with Gasteiger partial charge in [0.2, 0.25) is 0 Å². The summed E-state index contributed by atoms with van der Waals surface area (Å²) in [5, 5.41) is 61.6. The van der Waals surface area contributed by atoms with E-state index in [0.717, 1.165) is 42.5 Å². The van der Waals surface area contributed by atoms with Crippen molar-refractivity contribution in [2.75, 3.05) is 21.3 Å². The van der Waals surface area contributed by atoms with E-state index < -0.39 is 0 Å². The van der Waals surface area contributed by atoms with E-state index in [4.69, 9.17) is 40.1 Å². The zero-order valence-corrected chi connectivity index (χ0v) is 40.4. The summed E-state index contributed by atoms with van der Waals surface area (Å²) in [6.45, 7) is 1.45. The summed E-state index contributed by atoms with van der Waals surface area (Å²) in [7, 11) is 4.23. The number of phenols is 2. The molecular weight excluding hydrogens is 1070 g/mol. The Hall–Kier alpha value is -0.280. The standard InChI is InChI=1S/C10H12Br2O.C9H11BrO3.C8H9BrO3.C6H5BrO.CH4O.BrH.Na.H2O/c1-3-7-4-9(12)5-8(6-11)10(7)13-2;1-13-9-6(4-11)2-8(10)3-7(9)5-12;9-7-1-5(3-10)8(12)6(2-7)4-11;7-5-1-3-6(8)4-2-5;1-2;;;/h4-5H,3,6H2,1-2H3;2-3,11-12H,4-5H2,1H3;1-2,10-12H,3-4H2;1-4,8H;2H,1H3;1H;;1H2/q;;;;;;+1;/p-1. The number of ether oxygens (including phenoxy) is 2. The third-order valence-electron chi connectivity index (χ3n) is 6.09. The van der Waals surface area contributed by atoms with Crippen molar-refractivity contribution in [1.82, 2.24) is 0 Å². The first-order valence-corrected chi connectivity index (χ1v) is 18.3. The second-order valence-corrected chi connectivity index (χ2v) is 13.4. The number of aryl methyl sites for hydroxylation is 1. The van der Waals surface area contributed by atoms with Gasteiger partial charge in [0.1, 0.15) is 23.0 Å². The van der Waals surface area contributed by atoms with Gasteiger partial charge in [0.15, 0.2) is 0 Å². The minimum atomic E-state index is -0.238. The number of hydrogen-bond donors (Lipinski definition) is 7. The first-order valence-electron chi connectivity index (χ1n) is 14.0. The molecule has 0 radical (unpaired) electrons. The van der Waals surface area contributed by atoms with Gasteiger partial charge in [0.25, 0.3) is 0 Å². The molecule has 51 heavy (non-hydrogen) atoms. The average molecular weight is 1110 g/mol. The molecule has 0 amide bonds. The quantitative estimate of drug-likeness (QED) is 0.0857. The molecule has 282 valence electrons. The Kier molecular flexibility index (Phi) is 37.3. The van der Waals surface area contributed by atoms with Crippen molar-refractivity contribution >= 4 is 96.6 Å². The van der Waals surface area contributed by atoms with Crippen LogP contribution in [0, 0.1) is 0 Å². The van der Waals surface area contributed by atoms with Gasteiger partial charge in [0.05, 0.1) is 40.6 Å². The van der Waals surface area contributed by atoms with Gasteiger partial charge in [-0.1, -0.05) is 86.6 Å². The van der Waals surface area contributed by atoms with E-state index in [1.807, 2.05) is 0 Å². The molecule has 8 N–H and O–H groups in total. The Morgan fingerprint density at radius 3 is 1.16 bits per heavy atom. The summed E-state index contributed by atoms with van der Waals surface area (Å²) in [6.07, 6.45) is 0.989. The van der Waals surface area contributed by atoms with Gasteiger partial charge in [-0.15, -0.1) is 17.0 Å². The van der Waals surface area contributed by atoms with Crippen LogP contribution in [0.15, 0.2) is 78.6 Å². The molecule has 0 atom stereocenters. The summed E-state index contributed by atoms with van der Waals surface area (Å²) >= 11 is 16.6. The zero-order valence-electron chi connectivity index (χ0n) is 28.7. The molecule has 0 aliphatic carbocycles. The maximum Gasteiger partial charge on any atom is 1.00 e. The second-order valence-electron chi connectivity index (χ2n) is 9.18. The van der Waals surface area contributed by atoms with Crippen LogP contribution in [0.5, 0.6) is 23.0 Å². The number of halogens is 6. The Balaban J connectivity index is -0.000000282. The third kappa shape index (κ3) is 20.8. The molecule has 0 heterocycles. The molecule has 4 rings (SSSR count). The van der Waals surface area contributed by atoms with Gasteiger partial charge < -0.3 is 50.7 Å². The molecule has 0 aliphatic rings. The van der Waals surface area contributed by atoms with Gasteiger partial charge in [0, 0.05) is 58.1 Å². The number of alkyl halides is 1. The van der Waals surface area contributed by atoms with E-state index in [1.165, 1.54) is 18.2 Å². The molecule has 0 bridgehead atoms. The minimum absolute atomic E-state index is 0. The van der Waals surface area contributed by atoms with Crippen LogP contribution in [0.25, 0.3) is 0 Å². The zero-order chi connectivity index (χ0) is 36.8. The summed E-state index contributed by atoms with van der Waals surface area (Å²) < 4.78 is 14.1. The number of aromatic hydroxyl groups is 2. The summed E-state index contributed by atoms with van der Waals surface area (Å²) in [5.74, 6) is 1.81. The van der Waals surface area contributed by atoms with Crippen LogP contribution in [-0.4, -0.2) is 62.6 Å². The SMILES string of the molecule is Br.CCc1cc(Br)cc(CBr)c1OC.CO.COc1c(CO)cc(Br)cc1CO.OCc1cc(Br)cc(CO)c1O.Oc1ccc(Br)cc1.[Na+].[OH-]. The Bertz CT molecular complexity index is 1360. The summed E-state index contributed by atoms with van der Waals surface area (Å²) in [5.41, 5.74) is 4.59. The van der Waals surface area contributed by atoms with Gasteiger partial charge in [-0.25, -0.2) is 0 Å². The molecule has 10 nitrogen and oxygen atoms in total. The van der Waals surface area contributed by atoms with Gasteiger partial charge in [-0.2, -0.15) is 0 Å². The number of benzene rings is 4. The molecule has 0 aliphatic heterocycles.